The SMILES string of the molecule is O=C(O)c1ccc(N=S(=O)=O)cc1F.c1cc[nH]c1. The Hall–Kier alpha value is -2.48. The molecule has 0 unspecified atom stereocenters. The molecular weight excluding hydrogens is 275 g/mol. The summed E-state index contributed by atoms with van der Waals surface area (Å²) in [5, 5.41) is 8.45. The Morgan fingerprint density at radius 3 is 2.26 bits per heavy atom. The third kappa shape index (κ3) is 5.13. The van der Waals surface area contributed by atoms with Gasteiger partial charge in [-0.25, -0.2) is 9.18 Å². The van der Waals surface area contributed by atoms with Crippen molar-refractivity contribution in [2.45, 2.75) is 0 Å². The van der Waals surface area contributed by atoms with Crippen molar-refractivity contribution in [3.05, 3.63) is 54.1 Å². The number of benzene rings is 1. The van der Waals surface area contributed by atoms with E-state index in [9.17, 15) is 17.6 Å². The molecule has 0 bridgehead atoms. The second-order valence-electron chi connectivity index (χ2n) is 3.16. The van der Waals surface area contributed by atoms with E-state index in [2.05, 4.69) is 9.35 Å². The number of rotatable bonds is 2. The molecule has 0 atom stereocenters. The number of nitrogens with zero attached hydrogens (tertiary/aromatic N) is 1. The molecule has 0 fully saturated rings. The first-order chi connectivity index (χ1) is 9.00. The van der Waals surface area contributed by atoms with Crippen molar-refractivity contribution in [3.63, 3.8) is 0 Å². The molecular formula is C11H9FN2O4S. The zero-order chi connectivity index (χ0) is 14.3. The van der Waals surface area contributed by atoms with Crippen molar-refractivity contribution < 1.29 is 22.7 Å². The molecule has 2 aromatic rings. The van der Waals surface area contributed by atoms with Crippen molar-refractivity contribution in [2.24, 2.45) is 4.36 Å². The van der Waals surface area contributed by atoms with Gasteiger partial charge in [0.2, 0.25) is 0 Å². The summed E-state index contributed by atoms with van der Waals surface area (Å²) in [5.74, 6) is -2.44. The molecule has 0 aliphatic heterocycles. The standard InChI is InChI=1S/C7H4FNO4S.C4H5N/c8-6-3-4(9-14(12)13)1-2-5(6)7(10)11;1-2-4-5-3-1/h1-3H,(H,10,11);1-5H. The van der Waals surface area contributed by atoms with Crippen LogP contribution in [0.1, 0.15) is 10.4 Å². The van der Waals surface area contributed by atoms with Crippen LogP contribution in [0.4, 0.5) is 10.1 Å². The second-order valence-corrected chi connectivity index (χ2v) is 3.78. The first-order valence-corrected chi connectivity index (χ1v) is 5.95. The van der Waals surface area contributed by atoms with Gasteiger partial charge < -0.3 is 10.1 Å². The Bertz CT molecular complexity index is 656. The van der Waals surface area contributed by atoms with Crippen LogP contribution >= 0.6 is 0 Å². The topological polar surface area (TPSA) is 99.6 Å². The number of aromatic nitrogens is 1. The first-order valence-electron chi connectivity index (χ1n) is 4.92. The lowest BCUT2D eigenvalue weighted by atomic mass is 10.2. The number of carboxylic acids is 1. The van der Waals surface area contributed by atoms with E-state index in [1.54, 1.807) is 0 Å². The van der Waals surface area contributed by atoms with E-state index in [0.717, 1.165) is 18.2 Å². The minimum absolute atomic E-state index is 0.152. The van der Waals surface area contributed by atoms with E-state index in [1.165, 1.54) is 0 Å². The van der Waals surface area contributed by atoms with Crippen LogP contribution < -0.4 is 0 Å². The van der Waals surface area contributed by atoms with Gasteiger partial charge in [0.05, 0.1) is 11.3 Å². The van der Waals surface area contributed by atoms with E-state index in [1.807, 2.05) is 24.5 Å². The number of halogens is 1. The molecule has 2 N–H and O–H groups in total. The predicted octanol–water partition coefficient (Wildman–Crippen LogP) is 2.23. The van der Waals surface area contributed by atoms with E-state index in [-0.39, 0.29) is 5.69 Å². The minimum atomic E-state index is -2.68. The quantitative estimate of drug-likeness (QED) is 0.883. The molecule has 1 heterocycles. The fourth-order valence-corrected chi connectivity index (χ4v) is 1.38. The highest BCUT2D eigenvalue weighted by atomic mass is 32.2. The summed E-state index contributed by atoms with van der Waals surface area (Å²) in [6.45, 7) is 0. The van der Waals surface area contributed by atoms with Crippen LogP contribution in [0.15, 0.2) is 47.1 Å². The molecule has 0 saturated carbocycles. The summed E-state index contributed by atoms with van der Waals surface area (Å²) in [6.07, 6.45) is 3.75. The number of aromatic carboxylic acids is 1. The van der Waals surface area contributed by atoms with Gasteiger partial charge in [0.15, 0.2) is 0 Å². The Kier molecular flexibility index (Phi) is 5.42. The van der Waals surface area contributed by atoms with E-state index in [0.29, 0.717) is 0 Å². The molecule has 0 aliphatic carbocycles. The third-order valence-corrected chi connectivity index (χ3v) is 2.22. The molecule has 0 amide bonds. The molecule has 1 aromatic carbocycles. The molecule has 0 radical (unpaired) electrons. The lowest BCUT2D eigenvalue weighted by Crippen LogP contribution is -1.99. The zero-order valence-corrected chi connectivity index (χ0v) is 10.3. The van der Waals surface area contributed by atoms with Crippen molar-refractivity contribution in [2.75, 3.05) is 0 Å². The Morgan fingerprint density at radius 2 is 1.89 bits per heavy atom. The maximum absolute atomic E-state index is 12.9. The second kappa shape index (κ2) is 7.07. The number of nitrogens with one attached hydrogen (secondary N) is 1. The van der Waals surface area contributed by atoms with Gasteiger partial charge in [-0.1, -0.05) is 0 Å². The van der Waals surface area contributed by atoms with Crippen LogP contribution in [0.25, 0.3) is 0 Å². The van der Waals surface area contributed by atoms with Gasteiger partial charge in [-0.05, 0) is 24.3 Å². The van der Waals surface area contributed by atoms with Crippen LogP contribution in [0.3, 0.4) is 0 Å². The van der Waals surface area contributed by atoms with Gasteiger partial charge in [-0.3, -0.25) is 0 Å². The van der Waals surface area contributed by atoms with Gasteiger partial charge in [0.1, 0.15) is 5.82 Å². The molecule has 2 rings (SSSR count). The van der Waals surface area contributed by atoms with Crippen molar-refractivity contribution in [1.29, 1.82) is 0 Å². The lowest BCUT2D eigenvalue weighted by Gasteiger charge is -1.96. The summed E-state index contributed by atoms with van der Waals surface area (Å²) in [7, 11) is -2.68. The van der Waals surface area contributed by atoms with E-state index < -0.39 is 27.9 Å². The maximum atomic E-state index is 12.9. The van der Waals surface area contributed by atoms with Crippen LogP contribution in [-0.2, 0) is 10.5 Å². The number of carbonyl (C=O) groups is 1. The zero-order valence-electron chi connectivity index (χ0n) is 9.45. The monoisotopic (exact) mass is 284 g/mol. The number of hydrogen-bond donors (Lipinski definition) is 2. The molecule has 100 valence electrons. The molecule has 19 heavy (non-hydrogen) atoms. The van der Waals surface area contributed by atoms with Gasteiger partial charge in [-0.2, -0.15) is 8.42 Å². The van der Waals surface area contributed by atoms with E-state index >= 15 is 0 Å². The lowest BCUT2D eigenvalue weighted by molar-refractivity contribution is 0.0692. The van der Waals surface area contributed by atoms with Gasteiger partial charge >= 0.3 is 16.5 Å². The van der Waals surface area contributed by atoms with Crippen molar-refractivity contribution in [1.82, 2.24) is 4.98 Å². The molecule has 0 spiro atoms. The normalized spacial score (nSPS) is 9.11. The van der Waals surface area contributed by atoms with Crippen LogP contribution in [0, 0.1) is 5.82 Å². The average molecular weight is 284 g/mol. The summed E-state index contributed by atoms with van der Waals surface area (Å²) >= 11 is 0. The van der Waals surface area contributed by atoms with Gasteiger partial charge in [0, 0.05) is 18.5 Å². The number of carboxylic acid groups (broad SMARTS) is 1. The molecule has 0 aliphatic rings. The van der Waals surface area contributed by atoms with Gasteiger partial charge in [-0.15, -0.1) is 4.36 Å². The number of H-pyrrole nitrogens is 1. The van der Waals surface area contributed by atoms with Crippen LogP contribution in [-0.4, -0.2) is 24.5 Å². The van der Waals surface area contributed by atoms with Crippen LogP contribution in [0.5, 0.6) is 0 Å². The van der Waals surface area contributed by atoms with Gasteiger partial charge in [0.25, 0.3) is 0 Å². The average Bonchev–Trinajstić information content (AvgIpc) is 2.85. The summed E-state index contributed by atoms with van der Waals surface area (Å²) < 4.78 is 36.1. The van der Waals surface area contributed by atoms with Crippen LogP contribution in [0.2, 0.25) is 0 Å². The minimum Gasteiger partial charge on any atom is -0.478 e. The molecule has 1 aromatic heterocycles. The van der Waals surface area contributed by atoms with Crippen molar-refractivity contribution >= 4 is 22.2 Å². The summed E-state index contributed by atoms with van der Waals surface area (Å²) in [6, 6.07) is 6.67. The van der Waals surface area contributed by atoms with Crippen molar-refractivity contribution in [3.8, 4) is 0 Å². The maximum Gasteiger partial charge on any atom is 0.338 e. The Labute approximate surface area is 109 Å². The molecule has 0 saturated heterocycles. The van der Waals surface area contributed by atoms with E-state index in [4.69, 9.17) is 5.11 Å². The summed E-state index contributed by atoms with van der Waals surface area (Å²) in [5.41, 5.74) is -0.679. The smallest absolute Gasteiger partial charge is 0.338 e. The highest BCUT2D eigenvalue weighted by Crippen LogP contribution is 2.16. The fraction of sp³-hybridized carbons (Fsp3) is 0. The third-order valence-electron chi connectivity index (χ3n) is 1.86. The number of hydrogen-bond acceptors (Lipinski definition) is 4. The predicted molar refractivity (Wildman–Crippen MR) is 65.2 cm³/mol. The molecule has 8 heteroatoms. The highest BCUT2D eigenvalue weighted by Gasteiger charge is 2.09. The summed E-state index contributed by atoms with van der Waals surface area (Å²) in [4.78, 5) is 13.2. The Balaban J connectivity index is 0.000000300. The largest absolute Gasteiger partial charge is 0.478 e. The Morgan fingerprint density at radius 1 is 1.26 bits per heavy atom. The fourth-order valence-electron chi connectivity index (χ4n) is 1.10. The first kappa shape index (κ1) is 14.6. The number of aromatic amines is 1. The highest BCUT2D eigenvalue weighted by molar-refractivity contribution is 7.61. The molecule has 6 nitrogen and oxygen atoms in total.